The maximum Gasteiger partial charge on any atom is 0.254 e. The molecule has 1 atom stereocenters. The number of hydrogen-bond donors (Lipinski definition) is 0. The number of nitriles is 1. The molecule has 0 radical (unpaired) electrons. The van der Waals surface area contributed by atoms with E-state index in [9.17, 15) is 4.79 Å². The highest BCUT2D eigenvalue weighted by atomic mass is 16.5. The minimum Gasteiger partial charge on any atom is -0.381 e. The van der Waals surface area contributed by atoms with Gasteiger partial charge in [0.05, 0.1) is 30.8 Å². The molecule has 1 amide bonds. The highest BCUT2D eigenvalue weighted by Crippen LogP contribution is 2.35. The summed E-state index contributed by atoms with van der Waals surface area (Å²) in [6.45, 7) is 1.88. The zero-order valence-corrected chi connectivity index (χ0v) is 12.0. The smallest absolute Gasteiger partial charge is 0.254 e. The van der Waals surface area contributed by atoms with Gasteiger partial charge in [-0.15, -0.1) is 0 Å². The lowest BCUT2D eigenvalue weighted by Crippen LogP contribution is -2.67. The first-order chi connectivity index (χ1) is 10.2. The Labute approximate surface area is 124 Å². The van der Waals surface area contributed by atoms with Crippen molar-refractivity contribution >= 4 is 5.91 Å². The van der Waals surface area contributed by atoms with Gasteiger partial charge in [-0.2, -0.15) is 5.26 Å². The van der Waals surface area contributed by atoms with Crippen LogP contribution in [0.3, 0.4) is 0 Å². The summed E-state index contributed by atoms with van der Waals surface area (Å²) in [6, 6.07) is 8.86. The number of carbonyl (C=O) groups is 1. The highest BCUT2D eigenvalue weighted by Gasteiger charge is 2.49. The Balaban J connectivity index is 1.65. The normalized spacial score (nSPS) is 23.4. The van der Waals surface area contributed by atoms with Crippen LogP contribution in [0.4, 0.5) is 0 Å². The van der Waals surface area contributed by atoms with Crippen molar-refractivity contribution in [2.75, 3.05) is 26.8 Å². The maximum absolute atomic E-state index is 12.4. The average Bonchev–Trinajstić information content (AvgIpc) is 2.52. The first-order valence-corrected chi connectivity index (χ1v) is 7.12. The molecule has 5 heteroatoms. The molecule has 2 heterocycles. The molecule has 2 fully saturated rings. The van der Waals surface area contributed by atoms with E-state index < -0.39 is 0 Å². The Hall–Kier alpha value is -1.90. The minimum absolute atomic E-state index is 0.0409. The quantitative estimate of drug-likeness (QED) is 0.828. The topological polar surface area (TPSA) is 62.6 Å². The zero-order valence-electron chi connectivity index (χ0n) is 12.0. The van der Waals surface area contributed by atoms with Gasteiger partial charge in [-0.05, 0) is 24.6 Å². The van der Waals surface area contributed by atoms with Crippen LogP contribution in [0, 0.1) is 11.3 Å². The number of ether oxygens (including phenoxy) is 2. The fourth-order valence-electron chi connectivity index (χ4n) is 3.10. The molecule has 110 valence electrons. The van der Waals surface area contributed by atoms with Crippen molar-refractivity contribution < 1.29 is 14.3 Å². The molecule has 3 rings (SSSR count). The van der Waals surface area contributed by atoms with Crippen molar-refractivity contribution in [3.05, 3.63) is 35.4 Å². The number of rotatable bonds is 2. The minimum atomic E-state index is -0.235. The first kappa shape index (κ1) is 14.1. The van der Waals surface area contributed by atoms with Gasteiger partial charge >= 0.3 is 0 Å². The Bertz CT molecular complexity index is 587. The second kappa shape index (κ2) is 5.47. The molecule has 2 aliphatic heterocycles. The number of nitrogens with zero attached hydrogens (tertiary/aromatic N) is 2. The van der Waals surface area contributed by atoms with Crippen LogP contribution in [-0.2, 0) is 9.47 Å². The number of methoxy groups -OCH3 is 1. The van der Waals surface area contributed by atoms with Crippen molar-refractivity contribution in [2.45, 2.75) is 24.5 Å². The van der Waals surface area contributed by atoms with Crippen LogP contribution in [0.15, 0.2) is 24.3 Å². The molecule has 0 unspecified atom stereocenters. The van der Waals surface area contributed by atoms with E-state index in [2.05, 4.69) is 6.07 Å². The molecular weight excluding hydrogens is 268 g/mol. The molecule has 21 heavy (non-hydrogen) atoms. The monoisotopic (exact) mass is 286 g/mol. The van der Waals surface area contributed by atoms with Crippen LogP contribution in [0.25, 0.3) is 0 Å². The van der Waals surface area contributed by atoms with Gasteiger partial charge in [0, 0.05) is 25.7 Å². The fourth-order valence-corrected chi connectivity index (χ4v) is 3.10. The van der Waals surface area contributed by atoms with Crippen LogP contribution in [0.5, 0.6) is 0 Å². The van der Waals surface area contributed by atoms with E-state index in [-0.39, 0.29) is 17.6 Å². The van der Waals surface area contributed by atoms with E-state index in [1.54, 1.807) is 36.3 Å². The summed E-state index contributed by atoms with van der Waals surface area (Å²) in [6.07, 6.45) is 1.97. The van der Waals surface area contributed by atoms with Crippen LogP contribution in [-0.4, -0.2) is 49.3 Å². The van der Waals surface area contributed by atoms with Gasteiger partial charge in [-0.1, -0.05) is 6.07 Å². The van der Waals surface area contributed by atoms with Gasteiger partial charge in [0.2, 0.25) is 0 Å². The standard InChI is InChI=1S/C16H18N2O3/c1-20-14-5-6-21-16(8-14)10-18(11-16)15(19)13-4-2-3-12(7-13)9-17/h2-4,7,14H,5-6,8,10-11H2,1H3/t14-/m0/s1. The maximum atomic E-state index is 12.4. The van der Waals surface area contributed by atoms with Crippen LogP contribution >= 0.6 is 0 Å². The predicted molar refractivity (Wildman–Crippen MR) is 75.8 cm³/mol. The molecule has 2 aliphatic rings. The van der Waals surface area contributed by atoms with E-state index >= 15 is 0 Å². The van der Waals surface area contributed by atoms with Crippen molar-refractivity contribution in [3.63, 3.8) is 0 Å². The van der Waals surface area contributed by atoms with Crippen molar-refractivity contribution in [1.29, 1.82) is 5.26 Å². The summed E-state index contributed by atoms with van der Waals surface area (Å²) < 4.78 is 11.3. The Morgan fingerprint density at radius 3 is 3.05 bits per heavy atom. The number of hydrogen-bond acceptors (Lipinski definition) is 4. The van der Waals surface area contributed by atoms with E-state index in [0.29, 0.717) is 30.8 Å². The molecule has 0 bridgehead atoms. The summed E-state index contributed by atoms with van der Waals surface area (Å²) >= 11 is 0. The average molecular weight is 286 g/mol. The molecule has 2 saturated heterocycles. The van der Waals surface area contributed by atoms with Gasteiger partial charge in [0.1, 0.15) is 5.60 Å². The van der Waals surface area contributed by atoms with Crippen molar-refractivity contribution in [1.82, 2.24) is 4.90 Å². The summed E-state index contributed by atoms with van der Waals surface area (Å²) in [5, 5.41) is 8.90. The van der Waals surface area contributed by atoms with Gasteiger partial charge in [0.25, 0.3) is 5.91 Å². The van der Waals surface area contributed by atoms with Gasteiger partial charge in [-0.3, -0.25) is 4.79 Å². The number of amides is 1. The largest absolute Gasteiger partial charge is 0.381 e. The lowest BCUT2D eigenvalue weighted by atomic mass is 9.84. The molecule has 1 spiro atoms. The molecule has 5 nitrogen and oxygen atoms in total. The Morgan fingerprint density at radius 2 is 2.33 bits per heavy atom. The molecule has 0 aliphatic carbocycles. The first-order valence-electron chi connectivity index (χ1n) is 7.12. The van der Waals surface area contributed by atoms with Crippen LogP contribution in [0.2, 0.25) is 0 Å². The van der Waals surface area contributed by atoms with E-state index in [4.69, 9.17) is 14.7 Å². The fraction of sp³-hybridized carbons (Fsp3) is 0.500. The van der Waals surface area contributed by atoms with Crippen LogP contribution in [0.1, 0.15) is 28.8 Å². The van der Waals surface area contributed by atoms with E-state index in [1.807, 2.05) is 0 Å². The zero-order chi connectivity index (χ0) is 14.9. The van der Waals surface area contributed by atoms with Crippen molar-refractivity contribution in [2.24, 2.45) is 0 Å². The van der Waals surface area contributed by atoms with Gasteiger partial charge in [0.15, 0.2) is 0 Å². The molecule has 1 aromatic rings. The molecule has 0 N–H and O–H groups in total. The summed E-state index contributed by atoms with van der Waals surface area (Å²) in [7, 11) is 1.72. The lowest BCUT2D eigenvalue weighted by molar-refractivity contribution is -0.181. The second-order valence-electron chi connectivity index (χ2n) is 5.74. The number of likely N-dealkylation sites (tertiary alicyclic amines) is 1. The lowest BCUT2D eigenvalue weighted by Gasteiger charge is -2.52. The van der Waals surface area contributed by atoms with E-state index in [0.717, 1.165) is 12.8 Å². The number of benzene rings is 1. The van der Waals surface area contributed by atoms with E-state index in [1.165, 1.54) is 0 Å². The van der Waals surface area contributed by atoms with Crippen molar-refractivity contribution in [3.8, 4) is 6.07 Å². The summed E-state index contributed by atoms with van der Waals surface area (Å²) in [5.41, 5.74) is 0.828. The van der Waals surface area contributed by atoms with Gasteiger partial charge < -0.3 is 14.4 Å². The predicted octanol–water partition coefficient (Wildman–Crippen LogP) is 1.58. The molecule has 0 aromatic heterocycles. The molecular formula is C16H18N2O3. The Kier molecular flexibility index (Phi) is 3.66. The third kappa shape index (κ3) is 2.65. The molecule has 0 saturated carbocycles. The SMILES string of the molecule is CO[C@H]1CCOC2(C1)CN(C(=O)c1cccc(C#N)c1)C2. The third-order valence-electron chi connectivity index (χ3n) is 4.26. The third-order valence-corrected chi connectivity index (χ3v) is 4.26. The second-order valence-corrected chi connectivity index (χ2v) is 5.74. The summed E-state index contributed by atoms with van der Waals surface area (Å²) in [5.74, 6) is -0.0409. The summed E-state index contributed by atoms with van der Waals surface area (Å²) in [4.78, 5) is 14.2. The van der Waals surface area contributed by atoms with Gasteiger partial charge in [-0.25, -0.2) is 0 Å². The molecule has 1 aromatic carbocycles. The van der Waals surface area contributed by atoms with Crippen LogP contribution < -0.4 is 0 Å². The number of carbonyl (C=O) groups excluding carboxylic acids is 1. The highest BCUT2D eigenvalue weighted by molar-refractivity contribution is 5.95. The Morgan fingerprint density at radius 1 is 1.52 bits per heavy atom.